The molecule has 1 aliphatic heterocycles. The van der Waals surface area contributed by atoms with Gasteiger partial charge in [0.2, 0.25) is 5.76 Å². The molecule has 1 amide bonds. The van der Waals surface area contributed by atoms with Gasteiger partial charge in [-0.15, -0.1) is 10.2 Å². The summed E-state index contributed by atoms with van der Waals surface area (Å²) < 4.78 is 6.58. The zero-order valence-corrected chi connectivity index (χ0v) is 12.8. The van der Waals surface area contributed by atoms with Crippen molar-refractivity contribution in [1.29, 1.82) is 0 Å². The van der Waals surface area contributed by atoms with E-state index in [0.717, 1.165) is 5.82 Å². The molecule has 9 heteroatoms. The third kappa shape index (κ3) is 2.71. The molecule has 1 fully saturated rings. The van der Waals surface area contributed by atoms with E-state index in [2.05, 4.69) is 25.4 Å². The first-order valence-electron chi connectivity index (χ1n) is 7.60. The van der Waals surface area contributed by atoms with Crippen molar-refractivity contribution in [1.82, 2.24) is 30.0 Å². The SMILES string of the molecule is O=C(c1ccno1)N1CCN(c2ccc(-n3cccn3)nn2)CC1. The Hall–Kier alpha value is -3.23. The Morgan fingerprint density at radius 1 is 1.00 bits per heavy atom. The van der Waals surface area contributed by atoms with Crippen LogP contribution in [0.1, 0.15) is 10.6 Å². The van der Waals surface area contributed by atoms with Gasteiger partial charge in [-0.1, -0.05) is 5.16 Å². The van der Waals surface area contributed by atoms with E-state index in [9.17, 15) is 4.79 Å². The Labute approximate surface area is 137 Å². The van der Waals surface area contributed by atoms with E-state index in [1.54, 1.807) is 21.8 Å². The maximum absolute atomic E-state index is 12.2. The molecule has 4 heterocycles. The first-order chi connectivity index (χ1) is 11.8. The average Bonchev–Trinajstić information content (AvgIpc) is 3.35. The first kappa shape index (κ1) is 14.4. The van der Waals surface area contributed by atoms with Crippen molar-refractivity contribution >= 4 is 11.7 Å². The Balaban J connectivity index is 1.40. The Morgan fingerprint density at radius 3 is 2.42 bits per heavy atom. The molecule has 0 bridgehead atoms. The molecule has 9 nitrogen and oxygen atoms in total. The minimum atomic E-state index is -0.132. The van der Waals surface area contributed by atoms with Crippen LogP contribution in [0.3, 0.4) is 0 Å². The lowest BCUT2D eigenvalue weighted by molar-refractivity contribution is 0.0704. The molecule has 0 aromatic carbocycles. The number of piperazine rings is 1. The van der Waals surface area contributed by atoms with Crippen LogP contribution in [0.4, 0.5) is 5.82 Å². The Morgan fingerprint density at radius 2 is 1.79 bits per heavy atom. The number of carbonyl (C=O) groups is 1. The quantitative estimate of drug-likeness (QED) is 0.696. The largest absolute Gasteiger partial charge is 0.352 e. The van der Waals surface area contributed by atoms with Crippen LogP contribution in [0.25, 0.3) is 5.82 Å². The number of rotatable bonds is 3. The fraction of sp³-hybridized carbons (Fsp3) is 0.267. The Kier molecular flexibility index (Phi) is 3.66. The monoisotopic (exact) mass is 325 g/mol. The Bertz CT molecular complexity index is 791. The third-order valence-electron chi connectivity index (χ3n) is 3.92. The summed E-state index contributed by atoms with van der Waals surface area (Å²) >= 11 is 0. The van der Waals surface area contributed by atoms with Crippen LogP contribution in [0.2, 0.25) is 0 Å². The van der Waals surface area contributed by atoms with Gasteiger partial charge in [-0.25, -0.2) is 4.68 Å². The highest BCUT2D eigenvalue weighted by Crippen LogP contribution is 2.15. The van der Waals surface area contributed by atoms with Gasteiger partial charge in [0, 0.05) is 44.6 Å². The molecular weight excluding hydrogens is 310 g/mol. The highest BCUT2D eigenvalue weighted by Gasteiger charge is 2.24. The second-order valence-electron chi connectivity index (χ2n) is 5.36. The topological polar surface area (TPSA) is 93.2 Å². The van der Waals surface area contributed by atoms with Gasteiger partial charge in [-0.2, -0.15) is 5.10 Å². The smallest absolute Gasteiger partial charge is 0.292 e. The molecule has 0 spiro atoms. The molecule has 3 aromatic heterocycles. The zero-order chi connectivity index (χ0) is 16.4. The van der Waals surface area contributed by atoms with Crippen LogP contribution in [0.15, 0.2) is 47.4 Å². The average molecular weight is 325 g/mol. The zero-order valence-electron chi connectivity index (χ0n) is 12.8. The molecule has 3 aromatic rings. The number of amides is 1. The van der Waals surface area contributed by atoms with Crippen molar-refractivity contribution in [2.24, 2.45) is 0 Å². The maximum Gasteiger partial charge on any atom is 0.292 e. The summed E-state index contributed by atoms with van der Waals surface area (Å²) in [6.07, 6.45) is 4.98. The summed E-state index contributed by atoms with van der Waals surface area (Å²) in [5, 5.41) is 16.2. The lowest BCUT2D eigenvalue weighted by Gasteiger charge is -2.34. The van der Waals surface area contributed by atoms with Crippen LogP contribution in [0.5, 0.6) is 0 Å². The number of aromatic nitrogens is 5. The van der Waals surface area contributed by atoms with Crippen molar-refractivity contribution in [3.63, 3.8) is 0 Å². The van der Waals surface area contributed by atoms with Gasteiger partial charge >= 0.3 is 0 Å². The molecule has 1 saturated heterocycles. The van der Waals surface area contributed by atoms with Gasteiger partial charge in [0.1, 0.15) is 0 Å². The molecule has 0 radical (unpaired) electrons. The summed E-state index contributed by atoms with van der Waals surface area (Å²) in [7, 11) is 0. The fourth-order valence-electron chi connectivity index (χ4n) is 2.63. The number of nitrogens with zero attached hydrogens (tertiary/aromatic N) is 7. The molecule has 122 valence electrons. The van der Waals surface area contributed by atoms with E-state index in [1.165, 1.54) is 6.20 Å². The predicted molar refractivity (Wildman–Crippen MR) is 83.8 cm³/mol. The van der Waals surface area contributed by atoms with Gasteiger partial charge < -0.3 is 14.3 Å². The fourth-order valence-corrected chi connectivity index (χ4v) is 2.63. The molecule has 24 heavy (non-hydrogen) atoms. The summed E-state index contributed by atoms with van der Waals surface area (Å²) in [5.74, 6) is 1.60. The molecular formula is C15H15N7O2. The standard InChI is InChI=1S/C15H15N7O2/c23-15(12-4-6-17-24-12)21-10-8-20(9-11-21)13-2-3-14(19-18-13)22-7-1-5-16-22/h1-7H,8-11H2. The van der Waals surface area contributed by atoms with Gasteiger partial charge in [0.05, 0.1) is 6.20 Å². The molecule has 0 saturated carbocycles. The number of anilines is 1. The second-order valence-corrected chi connectivity index (χ2v) is 5.36. The third-order valence-corrected chi connectivity index (χ3v) is 3.92. The lowest BCUT2D eigenvalue weighted by atomic mass is 10.3. The van der Waals surface area contributed by atoms with Crippen LogP contribution in [0, 0.1) is 0 Å². The van der Waals surface area contributed by atoms with Crippen molar-refractivity contribution in [3.8, 4) is 5.82 Å². The van der Waals surface area contributed by atoms with Gasteiger partial charge in [0.15, 0.2) is 11.6 Å². The van der Waals surface area contributed by atoms with Crippen LogP contribution in [-0.4, -0.2) is 62.1 Å². The molecule has 4 rings (SSSR count). The highest BCUT2D eigenvalue weighted by atomic mass is 16.5. The van der Waals surface area contributed by atoms with Crippen molar-refractivity contribution in [3.05, 3.63) is 48.6 Å². The lowest BCUT2D eigenvalue weighted by Crippen LogP contribution is -2.49. The van der Waals surface area contributed by atoms with Crippen molar-refractivity contribution < 1.29 is 9.32 Å². The van der Waals surface area contributed by atoms with E-state index in [-0.39, 0.29) is 11.7 Å². The highest BCUT2D eigenvalue weighted by molar-refractivity contribution is 5.91. The molecule has 0 atom stereocenters. The van der Waals surface area contributed by atoms with E-state index < -0.39 is 0 Å². The first-order valence-corrected chi connectivity index (χ1v) is 7.60. The van der Waals surface area contributed by atoms with E-state index in [4.69, 9.17) is 4.52 Å². The summed E-state index contributed by atoms with van der Waals surface area (Å²) in [6, 6.07) is 7.20. The van der Waals surface area contributed by atoms with E-state index >= 15 is 0 Å². The minimum Gasteiger partial charge on any atom is -0.352 e. The minimum absolute atomic E-state index is 0.132. The second kappa shape index (κ2) is 6.11. The molecule has 0 unspecified atom stereocenters. The molecule has 0 N–H and O–H groups in total. The van der Waals surface area contributed by atoms with E-state index in [0.29, 0.717) is 32.0 Å². The summed E-state index contributed by atoms with van der Waals surface area (Å²) in [6.45, 7) is 2.58. The van der Waals surface area contributed by atoms with Crippen LogP contribution in [-0.2, 0) is 0 Å². The maximum atomic E-state index is 12.2. The van der Waals surface area contributed by atoms with Crippen LogP contribution < -0.4 is 4.90 Å². The normalized spacial score (nSPS) is 14.8. The van der Waals surface area contributed by atoms with Gasteiger partial charge in [0.25, 0.3) is 5.91 Å². The predicted octanol–water partition coefficient (Wildman–Crippen LogP) is 0.613. The number of hydrogen-bond acceptors (Lipinski definition) is 7. The van der Waals surface area contributed by atoms with Crippen LogP contribution >= 0.6 is 0 Å². The number of hydrogen-bond donors (Lipinski definition) is 0. The summed E-state index contributed by atoms with van der Waals surface area (Å²) in [5.41, 5.74) is 0. The van der Waals surface area contributed by atoms with E-state index in [1.807, 2.05) is 24.4 Å². The van der Waals surface area contributed by atoms with Gasteiger partial charge in [-0.3, -0.25) is 4.79 Å². The molecule has 0 aliphatic carbocycles. The molecule has 1 aliphatic rings. The van der Waals surface area contributed by atoms with Gasteiger partial charge in [-0.05, 0) is 18.2 Å². The summed E-state index contributed by atoms with van der Waals surface area (Å²) in [4.78, 5) is 16.1. The van der Waals surface area contributed by atoms with Crippen molar-refractivity contribution in [2.45, 2.75) is 0 Å². The van der Waals surface area contributed by atoms with Crippen molar-refractivity contribution in [2.75, 3.05) is 31.1 Å². The number of carbonyl (C=O) groups excluding carboxylic acids is 1.